The van der Waals surface area contributed by atoms with Gasteiger partial charge in [0.15, 0.2) is 23.0 Å². The van der Waals surface area contributed by atoms with Crippen LogP contribution in [0.1, 0.15) is 27.7 Å². The Morgan fingerprint density at radius 1 is 0.500 bits per heavy atom. The predicted octanol–water partition coefficient (Wildman–Crippen LogP) is 0.873. The van der Waals surface area contributed by atoms with E-state index in [0.29, 0.717) is 0 Å². The first-order valence-corrected chi connectivity index (χ1v) is 6.26. The fraction of sp³-hybridized carbons (Fsp3) is 0.286. The van der Waals surface area contributed by atoms with Crippen molar-refractivity contribution in [1.29, 1.82) is 0 Å². The van der Waals surface area contributed by atoms with Crippen molar-refractivity contribution >= 4 is 23.9 Å². The Labute approximate surface area is 147 Å². The van der Waals surface area contributed by atoms with Crippen LogP contribution >= 0.6 is 0 Å². The number of aromatic hydroxyl groups is 4. The molecular weight excluding hydrogens is 360 g/mol. The van der Waals surface area contributed by atoms with Crippen molar-refractivity contribution in [2.24, 2.45) is 0 Å². The molecule has 12 heteroatoms. The second kappa shape index (κ2) is 17.7. The van der Waals surface area contributed by atoms with Gasteiger partial charge in [-0.2, -0.15) is 0 Å². The molecule has 0 bridgehead atoms. The molecule has 0 aliphatic rings. The van der Waals surface area contributed by atoms with Crippen LogP contribution in [0.5, 0.6) is 23.0 Å². The third kappa shape index (κ3) is 50.0. The largest absolute Gasteiger partial charge is 0.504 e. The van der Waals surface area contributed by atoms with E-state index in [2.05, 4.69) is 0 Å². The van der Waals surface area contributed by atoms with Gasteiger partial charge in [-0.3, -0.25) is 19.2 Å². The molecule has 0 atom stereocenters. The molecule has 0 aromatic heterocycles. The van der Waals surface area contributed by atoms with Crippen LogP contribution in [0.15, 0.2) is 12.1 Å². The Balaban J connectivity index is -0.000000129. The second-order valence-electron chi connectivity index (χ2n) is 3.91. The number of phenols is 4. The van der Waals surface area contributed by atoms with E-state index in [-0.39, 0.29) is 0 Å². The van der Waals surface area contributed by atoms with Gasteiger partial charge in [-0.25, -0.2) is 0 Å². The summed E-state index contributed by atoms with van der Waals surface area (Å²) in [6.45, 7) is 4.33. The molecule has 0 aliphatic carbocycles. The first-order chi connectivity index (χ1) is 11.5. The molecule has 0 aliphatic heterocycles. The molecule has 0 spiro atoms. The average molecular weight is 382 g/mol. The predicted molar refractivity (Wildman–Crippen MR) is 86.3 cm³/mol. The lowest BCUT2D eigenvalue weighted by Gasteiger charge is -1.99. The van der Waals surface area contributed by atoms with E-state index in [1.54, 1.807) is 0 Å². The van der Waals surface area contributed by atoms with E-state index < -0.39 is 46.9 Å². The van der Waals surface area contributed by atoms with E-state index in [4.69, 9.17) is 60.0 Å². The standard InChI is InChI=1S/C6H6O4.4C2H4O2/c7-3-1-4(8)6(10)2-5(3)9;4*1-2(3)4/h1-2,7-10H;4*1H3,(H,3,4). The van der Waals surface area contributed by atoms with Gasteiger partial charge in [0.1, 0.15) is 0 Å². The van der Waals surface area contributed by atoms with Crippen molar-refractivity contribution in [3.8, 4) is 23.0 Å². The van der Waals surface area contributed by atoms with Gasteiger partial charge in [0.2, 0.25) is 0 Å². The average Bonchev–Trinajstić information content (AvgIpc) is 2.33. The zero-order chi connectivity index (χ0) is 22.0. The summed E-state index contributed by atoms with van der Waals surface area (Å²) >= 11 is 0. The molecule has 0 radical (unpaired) electrons. The molecule has 0 heterocycles. The van der Waals surface area contributed by atoms with Gasteiger partial charge in [-0.1, -0.05) is 0 Å². The van der Waals surface area contributed by atoms with Crippen LogP contribution < -0.4 is 0 Å². The van der Waals surface area contributed by atoms with E-state index >= 15 is 0 Å². The molecule has 8 N–H and O–H groups in total. The number of carbonyl (C=O) groups is 4. The fourth-order valence-corrected chi connectivity index (χ4v) is 0.555. The summed E-state index contributed by atoms with van der Waals surface area (Å²) in [7, 11) is 0. The summed E-state index contributed by atoms with van der Waals surface area (Å²) in [4.78, 5) is 36.0. The third-order valence-electron chi connectivity index (χ3n) is 1.07. The Kier molecular flexibility index (Phi) is 20.5. The van der Waals surface area contributed by atoms with Gasteiger partial charge in [0.25, 0.3) is 23.9 Å². The monoisotopic (exact) mass is 382 g/mol. The minimum atomic E-state index is -0.833. The van der Waals surface area contributed by atoms with Crippen LogP contribution in [-0.4, -0.2) is 64.7 Å². The van der Waals surface area contributed by atoms with E-state index in [9.17, 15) is 0 Å². The van der Waals surface area contributed by atoms with Gasteiger partial charge in [-0.15, -0.1) is 0 Å². The van der Waals surface area contributed by atoms with Crippen LogP contribution in [0.3, 0.4) is 0 Å². The van der Waals surface area contributed by atoms with E-state index in [1.165, 1.54) is 0 Å². The first-order valence-electron chi connectivity index (χ1n) is 6.26. The molecule has 0 fully saturated rings. The van der Waals surface area contributed by atoms with Crippen LogP contribution in [0, 0.1) is 0 Å². The van der Waals surface area contributed by atoms with Crippen molar-refractivity contribution in [1.82, 2.24) is 0 Å². The molecule has 1 aromatic carbocycles. The fourth-order valence-electron chi connectivity index (χ4n) is 0.555. The minimum Gasteiger partial charge on any atom is -0.504 e. The zero-order valence-corrected chi connectivity index (χ0v) is 14.4. The minimum absolute atomic E-state index is 0.463. The zero-order valence-electron chi connectivity index (χ0n) is 14.4. The van der Waals surface area contributed by atoms with Crippen LogP contribution in [-0.2, 0) is 19.2 Å². The number of hydrogen-bond donors (Lipinski definition) is 8. The second-order valence-corrected chi connectivity index (χ2v) is 3.91. The molecule has 0 saturated carbocycles. The van der Waals surface area contributed by atoms with Crippen molar-refractivity contribution in [2.75, 3.05) is 0 Å². The molecule has 1 aromatic rings. The molecule has 26 heavy (non-hydrogen) atoms. The maximum atomic E-state index is 9.00. The molecule has 0 amide bonds. The number of carboxylic acids is 4. The summed E-state index contributed by atoms with van der Waals surface area (Å²) in [5.74, 6) is -5.18. The highest BCUT2D eigenvalue weighted by Crippen LogP contribution is 2.35. The van der Waals surface area contributed by atoms with Gasteiger partial charge in [0.05, 0.1) is 0 Å². The number of carboxylic acid groups (broad SMARTS) is 4. The Hall–Kier alpha value is -3.70. The Bertz CT molecular complexity index is 465. The first kappa shape index (κ1) is 30.2. The maximum Gasteiger partial charge on any atom is 0.300 e. The molecule has 0 saturated heterocycles. The van der Waals surface area contributed by atoms with Gasteiger partial charge in [0, 0.05) is 39.8 Å². The number of benzene rings is 1. The van der Waals surface area contributed by atoms with Crippen molar-refractivity contribution in [3.63, 3.8) is 0 Å². The van der Waals surface area contributed by atoms with Crippen LogP contribution in [0.2, 0.25) is 0 Å². The summed E-state index contributed by atoms with van der Waals surface area (Å²) < 4.78 is 0. The maximum absolute atomic E-state index is 9.00. The number of rotatable bonds is 0. The molecular formula is C14H22O12. The molecule has 0 unspecified atom stereocenters. The summed E-state index contributed by atoms with van der Waals surface area (Å²) in [5.41, 5.74) is 0. The Morgan fingerprint density at radius 2 is 0.577 bits per heavy atom. The number of hydrogen-bond acceptors (Lipinski definition) is 8. The quantitative estimate of drug-likeness (QED) is 0.231. The molecule has 1 rings (SSSR count). The number of aliphatic carboxylic acids is 4. The SMILES string of the molecule is CC(=O)O.CC(=O)O.CC(=O)O.CC(=O)O.Oc1cc(O)c(O)cc1O. The van der Waals surface area contributed by atoms with Crippen LogP contribution in [0.25, 0.3) is 0 Å². The lowest BCUT2D eigenvalue weighted by atomic mass is 10.3. The van der Waals surface area contributed by atoms with Crippen molar-refractivity contribution in [2.45, 2.75) is 27.7 Å². The van der Waals surface area contributed by atoms with Gasteiger partial charge < -0.3 is 40.9 Å². The van der Waals surface area contributed by atoms with Gasteiger partial charge >= 0.3 is 0 Å². The normalized spacial score (nSPS) is 7.54. The van der Waals surface area contributed by atoms with Crippen molar-refractivity contribution in [3.05, 3.63) is 12.1 Å². The van der Waals surface area contributed by atoms with Gasteiger partial charge in [-0.05, 0) is 0 Å². The third-order valence-corrected chi connectivity index (χ3v) is 1.07. The molecule has 150 valence electrons. The number of phenolic OH excluding ortho intramolecular Hbond substituents is 4. The highest BCUT2D eigenvalue weighted by atomic mass is 16.4. The van der Waals surface area contributed by atoms with E-state index in [1.807, 2.05) is 0 Å². The lowest BCUT2D eigenvalue weighted by molar-refractivity contribution is -0.135. The summed E-state index contributed by atoms with van der Waals surface area (Å²) in [5, 5.41) is 64.5. The highest BCUT2D eigenvalue weighted by molar-refractivity contribution is 5.63. The van der Waals surface area contributed by atoms with Crippen LogP contribution in [0.4, 0.5) is 0 Å². The highest BCUT2D eigenvalue weighted by Gasteiger charge is 2.04. The van der Waals surface area contributed by atoms with Crippen molar-refractivity contribution < 1.29 is 60.0 Å². The Morgan fingerprint density at radius 3 is 0.654 bits per heavy atom. The summed E-state index contributed by atoms with van der Waals surface area (Å²) in [6, 6.07) is 1.70. The smallest absolute Gasteiger partial charge is 0.300 e. The summed E-state index contributed by atoms with van der Waals surface area (Å²) in [6.07, 6.45) is 0. The lowest BCUT2D eigenvalue weighted by Crippen LogP contribution is -1.78. The molecule has 12 nitrogen and oxygen atoms in total. The topological polar surface area (TPSA) is 230 Å². The van der Waals surface area contributed by atoms with E-state index in [0.717, 1.165) is 39.8 Å².